The average Bonchev–Trinajstić information content (AvgIpc) is 2.66. The van der Waals surface area contributed by atoms with E-state index < -0.39 is 0 Å². The number of rotatable bonds is 7. The molecule has 3 nitrogen and oxygen atoms in total. The number of aryl methyl sites for hydroxylation is 1. The first-order chi connectivity index (χ1) is 7.30. The summed E-state index contributed by atoms with van der Waals surface area (Å²) >= 11 is 1.70. The van der Waals surface area contributed by atoms with Crippen molar-refractivity contribution in [2.75, 3.05) is 19.7 Å². The highest BCUT2D eigenvalue weighted by atomic mass is 32.1. The molecule has 0 aliphatic rings. The van der Waals surface area contributed by atoms with Gasteiger partial charge in [-0.1, -0.05) is 13.0 Å². The van der Waals surface area contributed by atoms with Crippen LogP contribution in [0, 0.1) is 0 Å². The van der Waals surface area contributed by atoms with Crippen LogP contribution < -0.4 is 0 Å². The number of thiazole rings is 1. The summed E-state index contributed by atoms with van der Waals surface area (Å²) in [6.07, 6.45) is 2.84. The van der Waals surface area contributed by atoms with Crippen molar-refractivity contribution >= 4 is 11.3 Å². The van der Waals surface area contributed by atoms with E-state index >= 15 is 0 Å². The molecule has 1 aromatic rings. The Morgan fingerprint density at radius 1 is 1.67 bits per heavy atom. The van der Waals surface area contributed by atoms with Gasteiger partial charge in [-0.3, -0.25) is 4.90 Å². The molecular formula is C11H18N2OS. The Labute approximate surface area is 95.1 Å². The van der Waals surface area contributed by atoms with Crippen LogP contribution in [0.15, 0.2) is 18.0 Å². The lowest BCUT2D eigenvalue weighted by Gasteiger charge is -2.17. The van der Waals surface area contributed by atoms with Gasteiger partial charge in [0.2, 0.25) is 0 Å². The van der Waals surface area contributed by atoms with E-state index in [1.165, 1.54) is 5.01 Å². The van der Waals surface area contributed by atoms with Crippen molar-refractivity contribution < 1.29 is 5.11 Å². The Morgan fingerprint density at radius 2 is 2.47 bits per heavy atom. The molecule has 0 aromatic carbocycles. The molecule has 0 aliphatic heterocycles. The van der Waals surface area contributed by atoms with Crippen LogP contribution >= 0.6 is 11.3 Å². The molecule has 0 unspecified atom stereocenters. The lowest BCUT2D eigenvalue weighted by molar-refractivity contribution is 0.202. The zero-order valence-electron chi connectivity index (χ0n) is 9.15. The summed E-state index contributed by atoms with van der Waals surface area (Å²) in [6, 6.07) is 0. The molecule has 84 valence electrons. The monoisotopic (exact) mass is 226 g/mol. The van der Waals surface area contributed by atoms with Crippen molar-refractivity contribution in [3.8, 4) is 0 Å². The highest BCUT2D eigenvalue weighted by Crippen LogP contribution is 2.12. The molecule has 0 spiro atoms. The van der Waals surface area contributed by atoms with Gasteiger partial charge in [-0.25, -0.2) is 4.98 Å². The average molecular weight is 226 g/mol. The quantitative estimate of drug-likeness (QED) is 0.719. The summed E-state index contributed by atoms with van der Waals surface area (Å²) in [5.74, 6) is 0. The molecule has 1 rings (SSSR count). The van der Waals surface area contributed by atoms with Crippen molar-refractivity contribution in [2.24, 2.45) is 0 Å². The van der Waals surface area contributed by atoms with Crippen molar-refractivity contribution in [1.82, 2.24) is 9.88 Å². The number of aliphatic hydroxyl groups is 1. The normalized spacial score (nSPS) is 10.9. The molecule has 0 atom stereocenters. The van der Waals surface area contributed by atoms with Gasteiger partial charge in [-0.15, -0.1) is 17.9 Å². The predicted octanol–water partition coefficient (Wildman–Crippen LogP) is 1.69. The second-order valence-corrected chi connectivity index (χ2v) is 4.28. The van der Waals surface area contributed by atoms with E-state index in [0.29, 0.717) is 6.54 Å². The van der Waals surface area contributed by atoms with Crippen LogP contribution in [0.1, 0.15) is 17.6 Å². The van der Waals surface area contributed by atoms with E-state index in [1.54, 1.807) is 11.3 Å². The summed E-state index contributed by atoms with van der Waals surface area (Å²) < 4.78 is 0. The Bertz CT molecular complexity index is 299. The fourth-order valence-electron chi connectivity index (χ4n) is 1.37. The molecular weight excluding hydrogens is 208 g/mol. The summed E-state index contributed by atoms with van der Waals surface area (Å²) in [6.45, 7) is 8.25. The summed E-state index contributed by atoms with van der Waals surface area (Å²) in [7, 11) is 0. The van der Waals surface area contributed by atoms with E-state index in [2.05, 4.69) is 28.8 Å². The first-order valence-corrected chi connectivity index (χ1v) is 6.05. The van der Waals surface area contributed by atoms with Gasteiger partial charge in [0.1, 0.15) is 0 Å². The van der Waals surface area contributed by atoms with E-state index in [9.17, 15) is 0 Å². The third kappa shape index (κ3) is 4.11. The number of hydrogen-bond acceptors (Lipinski definition) is 4. The zero-order valence-corrected chi connectivity index (χ0v) is 9.96. The van der Waals surface area contributed by atoms with E-state index in [0.717, 1.165) is 25.2 Å². The maximum Gasteiger partial charge on any atom is 0.0926 e. The van der Waals surface area contributed by atoms with Gasteiger partial charge in [-0.05, 0) is 6.42 Å². The van der Waals surface area contributed by atoms with Gasteiger partial charge in [0.15, 0.2) is 0 Å². The lowest BCUT2D eigenvalue weighted by Crippen LogP contribution is -2.26. The van der Waals surface area contributed by atoms with Crippen LogP contribution in [0.2, 0.25) is 0 Å². The summed E-state index contributed by atoms with van der Waals surface area (Å²) in [5, 5.41) is 12.2. The fraction of sp³-hybridized carbons (Fsp3) is 0.545. The second kappa shape index (κ2) is 6.71. The smallest absolute Gasteiger partial charge is 0.0926 e. The van der Waals surface area contributed by atoms with Crippen LogP contribution in [0.25, 0.3) is 0 Å². The molecule has 15 heavy (non-hydrogen) atoms. The van der Waals surface area contributed by atoms with E-state index in [-0.39, 0.29) is 6.61 Å². The van der Waals surface area contributed by atoms with Crippen molar-refractivity contribution in [3.05, 3.63) is 28.7 Å². The number of nitrogens with zero attached hydrogens (tertiary/aromatic N) is 2. The van der Waals surface area contributed by atoms with Crippen LogP contribution in [0.3, 0.4) is 0 Å². The second-order valence-electron chi connectivity index (χ2n) is 3.33. The SMILES string of the molecule is C=CCN(CCO)Cc1csc(CC)n1. The molecule has 0 radical (unpaired) electrons. The highest BCUT2D eigenvalue weighted by Gasteiger charge is 2.06. The molecule has 1 heterocycles. The predicted molar refractivity (Wildman–Crippen MR) is 64.1 cm³/mol. The van der Waals surface area contributed by atoms with E-state index in [1.807, 2.05) is 6.08 Å². The van der Waals surface area contributed by atoms with Crippen LogP contribution in [-0.2, 0) is 13.0 Å². The fourth-order valence-corrected chi connectivity index (χ4v) is 2.11. The minimum absolute atomic E-state index is 0.179. The van der Waals surface area contributed by atoms with Gasteiger partial charge < -0.3 is 5.11 Å². The van der Waals surface area contributed by atoms with Gasteiger partial charge in [0, 0.05) is 25.0 Å². The van der Waals surface area contributed by atoms with Gasteiger partial charge in [0.05, 0.1) is 17.3 Å². The van der Waals surface area contributed by atoms with Crippen molar-refractivity contribution in [1.29, 1.82) is 0 Å². The third-order valence-electron chi connectivity index (χ3n) is 2.09. The van der Waals surface area contributed by atoms with Crippen LogP contribution in [-0.4, -0.2) is 34.7 Å². The molecule has 0 amide bonds. The van der Waals surface area contributed by atoms with Crippen LogP contribution in [0.4, 0.5) is 0 Å². The third-order valence-corrected chi connectivity index (χ3v) is 3.13. The van der Waals surface area contributed by atoms with E-state index in [4.69, 9.17) is 5.11 Å². The molecule has 0 bridgehead atoms. The first-order valence-electron chi connectivity index (χ1n) is 5.17. The standard InChI is InChI=1S/C11H18N2OS/c1-3-5-13(6-7-14)8-10-9-15-11(4-2)12-10/h3,9,14H,1,4-8H2,2H3. The topological polar surface area (TPSA) is 36.4 Å². The number of hydrogen-bond donors (Lipinski definition) is 1. The molecule has 1 aromatic heterocycles. The number of aromatic nitrogens is 1. The number of aliphatic hydroxyl groups excluding tert-OH is 1. The Morgan fingerprint density at radius 3 is 3.00 bits per heavy atom. The molecule has 1 N–H and O–H groups in total. The largest absolute Gasteiger partial charge is 0.395 e. The van der Waals surface area contributed by atoms with Crippen molar-refractivity contribution in [3.63, 3.8) is 0 Å². The van der Waals surface area contributed by atoms with Gasteiger partial charge in [0.25, 0.3) is 0 Å². The minimum atomic E-state index is 0.179. The molecule has 4 heteroatoms. The van der Waals surface area contributed by atoms with Crippen LogP contribution in [0.5, 0.6) is 0 Å². The zero-order chi connectivity index (χ0) is 11.1. The minimum Gasteiger partial charge on any atom is -0.395 e. The van der Waals surface area contributed by atoms with Gasteiger partial charge >= 0.3 is 0 Å². The Hall–Kier alpha value is -0.710. The first kappa shape index (κ1) is 12.4. The lowest BCUT2D eigenvalue weighted by atomic mass is 10.4. The molecule has 0 saturated carbocycles. The molecule has 0 fully saturated rings. The summed E-state index contributed by atoms with van der Waals surface area (Å²) in [5.41, 5.74) is 1.09. The Balaban J connectivity index is 2.52. The Kier molecular flexibility index (Phi) is 5.53. The highest BCUT2D eigenvalue weighted by molar-refractivity contribution is 7.09. The van der Waals surface area contributed by atoms with Crippen molar-refractivity contribution in [2.45, 2.75) is 19.9 Å². The summed E-state index contributed by atoms with van der Waals surface area (Å²) in [4.78, 5) is 6.62. The molecule has 0 aliphatic carbocycles. The maximum absolute atomic E-state index is 8.90. The van der Waals surface area contributed by atoms with Gasteiger partial charge in [-0.2, -0.15) is 0 Å². The molecule has 0 saturated heterocycles. The maximum atomic E-state index is 8.90.